The highest BCUT2D eigenvalue weighted by atomic mass is 19.1. The van der Waals surface area contributed by atoms with Gasteiger partial charge in [0.15, 0.2) is 24.0 Å². The van der Waals surface area contributed by atoms with E-state index in [2.05, 4.69) is 0 Å². The molecule has 146 valence electrons. The molecule has 0 saturated carbocycles. The lowest BCUT2D eigenvalue weighted by molar-refractivity contribution is 0.0439. The number of Topliss-reactive ketones (excluding diaryl/α,β-unsaturated/α-hetero) is 1. The summed E-state index contributed by atoms with van der Waals surface area (Å²) in [6.45, 7) is 1.94. The fraction of sp³-hybridized carbons (Fsp3) is 0.238. The molecule has 0 bridgehead atoms. The highest BCUT2D eigenvalue weighted by Crippen LogP contribution is 2.27. The number of fused-ring (bicyclic) bond motifs is 1. The molecule has 0 saturated heterocycles. The maximum Gasteiger partial charge on any atom is 0.375 e. The predicted octanol–water partition coefficient (Wildman–Crippen LogP) is 4.16. The second-order valence-corrected chi connectivity index (χ2v) is 5.89. The minimum atomic E-state index is -0.784. The fourth-order valence-corrected chi connectivity index (χ4v) is 2.73. The van der Waals surface area contributed by atoms with Crippen molar-refractivity contribution in [2.75, 3.05) is 20.3 Å². The van der Waals surface area contributed by atoms with Gasteiger partial charge >= 0.3 is 5.97 Å². The summed E-state index contributed by atoms with van der Waals surface area (Å²) in [6, 6.07) is 10.9. The van der Waals surface area contributed by atoms with E-state index in [-0.39, 0.29) is 23.7 Å². The summed E-state index contributed by atoms with van der Waals surface area (Å²) in [5, 5.41) is 0.742. The van der Waals surface area contributed by atoms with E-state index in [1.165, 1.54) is 19.2 Å². The van der Waals surface area contributed by atoms with Crippen LogP contribution in [0.3, 0.4) is 0 Å². The minimum Gasteiger partial charge on any atom is -0.494 e. The Hall–Kier alpha value is -3.19. The van der Waals surface area contributed by atoms with E-state index in [1.54, 1.807) is 12.1 Å². The molecule has 0 aliphatic rings. The van der Waals surface area contributed by atoms with Gasteiger partial charge in [-0.2, -0.15) is 0 Å². The van der Waals surface area contributed by atoms with E-state index in [1.807, 2.05) is 19.1 Å². The van der Waals surface area contributed by atoms with Crippen LogP contribution in [-0.4, -0.2) is 32.1 Å². The number of methoxy groups -OCH3 is 1. The van der Waals surface area contributed by atoms with Gasteiger partial charge in [0.1, 0.15) is 5.58 Å². The highest BCUT2D eigenvalue weighted by molar-refractivity contribution is 6.00. The quantitative estimate of drug-likeness (QED) is 0.428. The summed E-state index contributed by atoms with van der Waals surface area (Å²) in [6.07, 6.45) is 0. The zero-order valence-corrected chi connectivity index (χ0v) is 15.5. The lowest BCUT2D eigenvalue weighted by Gasteiger charge is -2.06. The molecule has 0 amide bonds. The number of hydrogen-bond acceptors (Lipinski definition) is 6. The maximum absolute atomic E-state index is 13.8. The van der Waals surface area contributed by atoms with Gasteiger partial charge in [-0.15, -0.1) is 0 Å². The van der Waals surface area contributed by atoms with E-state index in [4.69, 9.17) is 18.6 Å². The van der Waals surface area contributed by atoms with Crippen LogP contribution in [0.25, 0.3) is 11.0 Å². The fourth-order valence-electron chi connectivity index (χ4n) is 2.73. The Bertz CT molecular complexity index is 1010. The van der Waals surface area contributed by atoms with Crippen molar-refractivity contribution in [3.63, 3.8) is 0 Å². The molecule has 0 aliphatic heterocycles. The highest BCUT2D eigenvalue weighted by Gasteiger charge is 2.23. The first kappa shape index (κ1) is 19.6. The predicted molar refractivity (Wildman–Crippen MR) is 99.1 cm³/mol. The number of rotatable bonds is 8. The monoisotopic (exact) mass is 386 g/mol. The van der Waals surface area contributed by atoms with Crippen molar-refractivity contribution in [3.8, 4) is 5.75 Å². The van der Waals surface area contributed by atoms with Gasteiger partial charge in [-0.3, -0.25) is 4.79 Å². The van der Waals surface area contributed by atoms with Crippen LogP contribution in [0.5, 0.6) is 5.75 Å². The van der Waals surface area contributed by atoms with E-state index in [0.29, 0.717) is 17.8 Å². The molecule has 6 nitrogen and oxygen atoms in total. The topological polar surface area (TPSA) is 75.0 Å². The Morgan fingerprint density at radius 2 is 1.93 bits per heavy atom. The van der Waals surface area contributed by atoms with Gasteiger partial charge in [-0.1, -0.05) is 18.2 Å². The molecule has 1 aromatic heterocycles. The number of furan rings is 1. The number of esters is 1. The van der Waals surface area contributed by atoms with Crippen molar-refractivity contribution in [1.82, 2.24) is 0 Å². The van der Waals surface area contributed by atoms with Crippen LogP contribution in [0.2, 0.25) is 0 Å². The molecule has 1 heterocycles. The number of halogens is 1. The summed E-state index contributed by atoms with van der Waals surface area (Å²) in [5.74, 6) is -1.98. The number of ketones is 1. The summed E-state index contributed by atoms with van der Waals surface area (Å²) < 4.78 is 34.7. The average Bonchev–Trinajstić information content (AvgIpc) is 3.08. The lowest BCUT2D eigenvalue weighted by Crippen LogP contribution is -2.15. The summed E-state index contributed by atoms with van der Waals surface area (Å²) in [4.78, 5) is 24.7. The molecule has 0 aliphatic carbocycles. The second-order valence-electron chi connectivity index (χ2n) is 5.89. The number of hydrogen-bond donors (Lipinski definition) is 0. The van der Waals surface area contributed by atoms with Gasteiger partial charge in [0.05, 0.1) is 13.7 Å². The van der Waals surface area contributed by atoms with Crippen LogP contribution in [0.15, 0.2) is 46.9 Å². The molecule has 0 spiro atoms. The Balaban J connectivity index is 1.76. The Labute approximate surface area is 160 Å². The number of ether oxygens (including phenoxy) is 3. The first-order valence-corrected chi connectivity index (χ1v) is 8.67. The van der Waals surface area contributed by atoms with Gasteiger partial charge in [0.25, 0.3) is 0 Å². The largest absolute Gasteiger partial charge is 0.494 e. The zero-order chi connectivity index (χ0) is 20.1. The molecule has 3 rings (SSSR count). The standard InChI is InChI=1S/C21H19FO6/c1-3-26-11-15-14-6-4-5-7-18(14)28-20(15)21(24)27-12-17(23)13-8-9-19(25-2)16(22)10-13/h4-10H,3,11-12H2,1-2H3. The van der Waals surface area contributed by atoms with E-state index in [9.17, 15) is 14.0 Å². The van der Waals surface area contributed by atoms with Crippen molar-refractivity contribution < 1.29 is 32.6 Å². The number of carbonyl (C=O) groups excluding carboxylic acids is 2. The number of benzene rings is 2. The van der Waals surface area contributed by atoms with Crippen LogP contribution >= 0.6 is 0 Å². The van der Waals surface area contributed by atoms with Crippen LogP contribution in [0.4, 0.5) is 4.39 Å². The molecule has 0 N–H and O–H groups in total. The molecule has 0 unspecified atom stereocenters. The molecule has 0 fully saturated rings. The first-order chi connectivity index (χ1) is 13.5. The van der Waals surface area contributed by atoms with Gasteiger partial charge < -0.3 is 18.6 Å². The van der Waals surface area contributed by atoms with Crippen LogP contribution < -0.4 is 4.74 Å². The van der Waals surface area contributed by atoms with Gasteiger partial charge in [-0.05, 0) is 31.2 Å². The van der Waals surface area contributed by atoms with E-state index >= 15 is 0 Å². The molecule has 2 aromatic carbocycles. The molecule has 3 aromatic rings. The average molecular weight is 386 g/mol. The van der Waals surface area contributed by atoms with E-state index in [0.717, 1.165) is 11.5 Å². The van der Waals surface area contributed by atoms with Crippen molar-refractivity contribution in [2.45, 2.75) is 13.5 Å². The van der Waals surface area contributed by atoms with Crippen molar-refractivity contribution >= 4 is 22.7 Å². The summed E-state index contributed by atoms with van der Waals surface area (Å²) in [5.41, 5.74) is 1.16. The summed E-state index contributed by atoms with van der Waals surface area (Å²) >= 11 is 0. The molecular weight excluding hydrogens is 367 g/mol. The Kier molecular flexibility index (Phi) is 6.06. The molecule has 0 atom stereocenters. The molecule has 28 heavy (non-hydrogen) atoms. The van der Waals surface area contributed by atoms with E-state index < -0.39 is 24.2 Å². The molecule has 7 heteroatoms. The van der Waals surface area contributed by atoms with Gasteiger partial charge in [0, 0.05) is 23.1 Å². The van der Waals surface area contributed by atoms with Gasteiger partial charge in [0.2, 0.25) is 5.76 Å². The summed E-state index contributed by atoms with van der Waals surface area (Å²) in [7, 11) is 1.33. The SMILES string of the molecule is CCOCc1c(C(=O)OCC(=O)c2ccc(OC)c(F)c2)oc2ccccc12. The molecular formula is C21H19FO6. The Morgan fingerprint density at radius 1 is 1.14 bits per heavy atom. The van der Waals surface area contributed by atoms with Crippen molar-refractivity contribution in [3.05, 3.63) is 65.2 Å². The lowest BCUT2D eigenvalue weighted by atomic mass is 10.1. The van der Waals surface area contributed by atoms with Crippen molar-refractivity contribution in [2.24, 2.45) is 0 Å². The third-order valence-electron chi connectivity index (χ3n) is 4.14. The second kappa shape index (κ2) is 8.67. The number of para-hydroxylation sites is 1. The zero-order valence-electron chi connectivity index (χ0n) is 15.5. The normalized spacial score (nSPS) is 10.8. The first-order valence-electron chi connectivity index (χ1n) is 8.67. The Morgan fingerprint density at radius 3 is 2.64 bits per heavy atom. The maximum atomic E-state index is 13.8. The third-order valence-corrected chi connectivity index (χ3v) is 4.14. The van der Waals surface area contributed by atoms with Crippen LogP contribution in [0, 0.1) is 5.82 Å². The van der Waals surface area contributed by atoms with Crippen molar-refractivity contribution in [1.29, 1.82) is 0 Å². The van der Waals surface area contributed by atoms with Gasteiger partial charge in [-0.25, -0.2) is 9.18 Å². The number of carbonyl (C=O) groups is 2. The van der Waals surface area contributed by atoms with Crippen LogP contribution in [0.1, 0.15) is 33.4 Å². The smallest absolute Gasteiger partial charge is 0.375 e. The molecule has 0 radical (unpaired) electrons. The van der Waals surface area contributed by atoms with Crippen LogP contribution in [-0.2, 0) is 16.1 Å². The third kappa shape index (κ3) is 4.04. The minimum absolute atomic E-state index is 0.0108.